The third kappa shape index (κ3) is 2.14. The Balaban J connectivity index is 2.23. The fourth-order valence-corrected chi connectivity index (χ4v) is 1.64. The predicted molar refractivity (Wildman–Crippen MR) is 59.3 cm³/mol. The van der Waals surface area contributed by atoms with E-state index in [1.807, 2.05) is 0 Å². The third-order valence-corrected chi connectivity index (χ3v) is 2.60. The summed E-state index contributed by atoms with van der Waals surface area (Å²) in [5.74, 6) is 0.627. The van der Waals surface area contributed by atoms with E-state index in [2.05, 4.69) is 10.3 Å². The average Bonchev–Trinajstić information content (AvgIpc) is 2.29. The highest BCUT2D eigenvalue weighted by Gasteiger charge is 2.24. The van der Waals surface area contributed by atoms with E-state index in [9.17, 15) is 9.59 Å². The summed E-state index contributed by atoms with van der Waals surface area (Å²) in [6.07, 6.45) is 1.88. The van der Waals surface area contributed by atoms with Gasteiger partial charge in [-0.05, 0) is 17.7 Å². The summed E-state index contributed by atoms with van der Waals surface area (Å²) >= 11 is 5.70. The Morgan fingerprint density at radius 3 is 3.00 bits per heavy atom. The number of hydrogen-bond donors (Lipinski definition) is 1. The van der Waals surface area contributed by atoms with Crippen molar-refractivity contribution in [1.82, 2.24) is 10.3 Å². The van der Waals surface area contributed by atoms with Gasteiger partial charge in [0, 0.05) is 25.0 Å². The number of urea groups is 1. The molecule has 1 saturated heterocycles. The molecule has 0 radical (unpaired) electrons. The van der Waals surface area contributed by atoms with Crippen molar-refractivity contribution >= 4 is 29.4 Å². The molecule has 0 aliphatic carbocycles. The quantitative estimate of drug-likeness (QED) is 0.791. The Morgan fingerprint density at radius 1 is 1.50 bits per heavy atom. The van der Waals surface area contributed by atoms with Gasteiger partial charge in [-0.2, -0.15) is 0 Å². The van der Waals surface area contributed by atoms with Crippen molar-refractivity contribution in [2.45, 2.75) is 12.3 Å². The summed E-state index contributed by atoms with van der Waals surface area (Å²) in [6, 6.07) is 3.08. The second-order valence-corrected chi connectivity index (χ2v) is 3.68. The van der Waals surface area contributed by atoms with E-state index in [0.717, 1.165) is 5.56 Å². The second-order valence-electron chi connectivity index (χ2n) is 3.41. The highest BCUT2D eigenvalue weighted by Crippen LogP contribution is 2.16. The number of pyridine rings is 1. The van der Waals surface area contributed by atoms with Crippen molar-refractivity contribution in [3.63, 3.8) is 0 Å². The largest absolute Gasteiger partial charge is 0.329 e. The minimum absolute atomic E-state index is 0.255. The first-order valence-electron chi connectivity index (χ1n) is 4.83. The third-order valence-electron chi connectivity index (χ3n) is 2.29. The molecule has 0 unspecified atom stereocenters. The molecule has 2 heterocycles. The maximum Gasteiger partial charge on any atom is 0.329 e. The number of anilines is 1. The van der Waals surface area contributed by atoms with Crippen LogP contribution in [0.5, 0.6) is 0 Å². The number of hydrogen-bond acceptors (Lipinski definition) is 3. The smallest absolute Gasteiger partial charge is 0.278 e. The Hall–Kier alpha value is -1.62. The number of alkyl halides is 1. The van der Waals surface area contributed by atoms with Crippen molar-refractivity contribution < 1.29 is 9.59 Å². The normalized spacial score (nSPS) is 16.2. The molecule has 0 aromatic carbocycles. The van der Waals surface area contributed by atoms with Crippen molar-refractivity contribution in [2.75, 3.05) is 11.4 Å². The summed E-state index contributed by atoms with van der Waals surface area (Å²) in [5.41, 5.74) is 0.886. The molecular weight excluding hydrogens is 230 g/mol. The zero-order chi connectivity index (χ0) is 11.5. The SMILES string of the molecule is O=C1CCN(c2cc(CCl)ccn2)C(=O)N1. The number of nitrogens with zero attached hydrogens (tertiary/aromatic N) is 2. The van der Waals surface area contributed by atoms with Gasteiger partial charge in [0.05, 0.1) is 0 Å². The number of amides is 3. The molecule has 84 valence electrons. The first kappa shape index (κ1) is 10.9. The van der Waals surface area contributed by atoms with Crippen LogP contribution in [0.4, 0.5) is 10.6 Å². The molecule has 16 heavy (non-hydrogen) atoms. The molecule has 1 aromatic heterocycles. The summed E-state index contributed by atoms with van der Waals surface area (Å²) in [7, 11) is 0. The molecule has 2 rings (SSSR count). The maximum absolute atomic E-state index is 11.5. The number of rotatable bonds is 2. The lowest BCUT2D eigenvalue weighted by Crippen LogP contribution is -2.49. The summed E-state index contributed by atoms with van der Waals surface area (Å²) in [4.78, 5) is 28.0. The molecule has 0 atom stereocenters. The number of carbonyl (C=O) groups excluding carboxylic acids is 2. The second kappa shape index (κ2) is 4.49. The van der Waals surface area contributed by atoms with Gasteiger partial charge in [-0.15, -0.1) is 11.6 Å². The van der Waals surface area contributed by atoms with Gasteiger partial charge >= 0.3 is 6.03 Å². The van der Waals surface area contributed by atoms with Crippen molar-refractivity contribution in [3.8, 4) is 0 Å². The van der Waals surface area contributed by atoms with Crippen LogP contribution in [0.3, 0.4) is 0 Å². The molecule has 1 aromatic rings. The monoisotopic (exact) mass is 239 g/mol. The van der Waals surface area contributed by atoms with Crippen molar-refractivity contribution in [1.29, 1.82) is 0 Å². The van der Waals surface area contributed by atoms with Gasteiger partial charge in [0.25, 0.3) is 0 Å². The Morgan fingerprint density at radius 2 is 2.31 bits per heavy atom. The van der Waals surface area contributed by atoms with E-state index in [0.29, 0.717) is 24.7 Å². The van der Waals surface area contributed by atoms with E-state index < -0.39 is 6.03 Å². The lowest BCUT2D eigenvalue weighted by atomic mass is 10.2. The molecule has 0 spiro atoms. The van der Waals surface area contributed by atoms with Crippen LogP contribution in [0.1, 0.15) is 12.0 Å². The molecule has 3 amide bonds. The number of imide groups is 1. The van der Waals surface area contributed by atoms with Crippen LogP contribution >= 0.6 is 11.6 Å². The van der Waals surface area contributed by atoms with Gasteiger partial charge in [-0.25, -0.2) is 9.78 Å². The molecule has 0 saturated carbocycles. The van der Waals surface area contributed by atoms with Crippen LogP contribution in [0, 0.1) is 0 Å². The lowest BCUT2D eigenvalue weighted by Gasteiger charge is -2.25. The summed E-state index contributed by atoms with van der Waals surface area (Å²) in [6.45, 7) is 0.351. The van der Waals surface area contributed by atoms with Gasteiger partial charge in [0.15, 0.2) is 0 Å². The number of halogens is 1. The fourth-order valence-electron chi connectivity index (χ4n) is 1.47. The fraction of sp³-hybridized carbons (Fsp3) is 0.300. The molecule has 5 nitrogen and oxygen atoms in total. The summed E-state index contributed by atoms with van der Waals surface area (Å²) < 4.78 is 0. The van der Waals surface area contributed by atoms with Crippen molar-refractivity contribution in [2.24, 2.45) is 0 Å². The predicted octanol–water partition coefficient (Wildman–Crippen LogP) is 1.27. The molecule has 6 heteroatoms. The maximum atomic E-state index is 11.5. The van der Waals surface area contributed by atoms with Crippen LogP contribution in [-0.2, 0) is 10.7 Å². The van der Waals surface area contributed by atoms with Gasteiger partial charge < -0.3 is 0 Å². The Kier molecular flexibility index (Phi) is 3.05. The molecule has 1 fully saturated rings. The van der Waals surface area contributed by atoms with E-state index >= 15 is 0 Å². The van der Waals surface area contributed by atoms with Crippen LogP contribution in [0.15, 0.2) is 18.3 Å². The van der Waals surface area contributed by atoms with Gasteiger partial charge in [0.1, 0.15) is 5.82 Å². The first-order valence-corrected chi connectivity index (χ1v) is 5.36. The number of carbonyl (C=O) groups is 2. The van der Waals surface area contributed by atoms with Crippen LogP contribution in [0.2, 0.25) is 0 Å². The summed E-state index contributed by atoms with van der Waals surface area (Å²) in [5, 5.41) is 2.24. The van der Waals surface area contributed by atoms with Crippen LogP contribution < -0.4 is 10.2 Å². The van der Waals surface area contributed by atoms with Gasteiger partial charge in [-0.3, -0.25) is 15.0 Å². The minimum atomic E-state index is -0.435. The lowest BCUT2D eigenvalue weighted by molar-refractivity contribution is -0.120. The highest BCUT2D eigenvalue weighted by molar-refractivity contribution is 6.17. The van der Waals surface area contributed by atoms with Gasteiger partial charge in [-0.1, -0.05) is 0 Å². The molecule has 0 bridgehead atoms. The number of aromatic nitrogens is 1. The van der Waals surface area contributed by atoms with E-state index in [1.165, 1.54) is 4.90 Å². The average molecular weight is 240 g/mol. The number of nitrogens with one attached hydrogen (secondary N) is 1. The first-order chi connectivity index (χ1) is 7.70. The minimum Gasteiger partial charge on any atom is -0.278 e. The highest BCUT2D eigenvalue weighted by atomic mass is 35.5. The standard InChI is InChI=1S/C10H10ClN3O2/c11-6-7-1-3-12-8(5-7)14-4-2-9(15)13-10(14)16/h1,3,5H,2,4,6H2,(H,13,15,16). The zero-order valence-corrected chi connectivity index (χ0v) is 9.20. The molecule has 1 N–H and O–H groups in total. The van der Waals surface area contributed by atoms with Crippen LogP contribution in [-0.4, -0.2) is 23.5 Å². The Bertz CT molecular complexity index is 436. The van der Waals surface area contributed by atoms with E-state index in [4.69, 9.17) is 11.6 Å². The van der Waals surface area contributed by atoms with E-state index in [1.54, 1.807) is 18.3 Å². The molecule has 1 aliphatic heterocycles. The zero-order valence-electron chi connectivity index (χ0n) is 8.44. The topological polar surface area (TPSA) is 62.3 Å². The Labute approximate surface area is 97.4 Å². The van der Waals surface area contributed by atoms with Gasteiger partial charge in [0.2, 0.25) is 5.91 Å². The van der Waals surface area contributed by atoms with Crippen LogP contribution in [0.25, 0.3) is 0 Å². The van der Waals surface area contributed by atoms with Crippen molar-refractivity contribution in [3.05, 3.63) is 23.9 Å². The molecular formula is C10H10ClN3O2. The molecule has 1 aliphatic rings. The van der Waals surface area contributed by atoms with E-state index in [-0.39, 0.29) is 5.91 Å².